The highest BCUT2D eigenvalue weighted by Crippen LogP contribution is 2.20. The molecule has 0 unspecified atom stereocenters. The Labute approximate surface area is 158 Å². The molecule has 2 aromatic carbocycles. The third kappa shape index (κ3) is 5.56. The van der Waals surface area contributed by atoms with Gasteiger partial charge in [0.1, 0.15) is 0 Å². The minimum Gasteiger partial charge on any atom is -0.380 e. The maximum atomic E-state index is 5.88. The van der Waals surface area contributed by atoms with Crippen molar-refractivity contribution in [3.05, 3.63) is 81.3 Å². The summed E-state index contributed by atoms with van der Waals surface area (Å²) in [7, 11) is 0. The van der Waals surface area contributed by atoms with Gasteiger partial charge >= 0.3 is 0 Å². The quantitative estimate of drug-likeness (QED) is 0.572. The SMILES string of the molecule is CCN(Cc1ccccc1)Cc1cccc(NCc2cnc(Cl)s2)c1. The summed E-state index contributed by atoms with van der Waals surface area (Å²) < 4.78 is 0.588. The predicted molar refractivity (Wildman–Crippen MR) is 107 cm³/mol. The standard InChI is InChI=1S/C20H22ClN3S/c1-2-24(14-16-7-4-3-5-8-16)15-17-9-6-10-18(11-17)22-12-19-13-23-20(21)25-19/h3-11,13,22H,2,12,14-15H2,1H3. The fraction of sp³-hybridized carbons (Fsp3) is 0.250. The molecule has 0 bridgehead atoms. The third-order valence-electron chi connectivity index (χ3n) is 4.02. The van der Waals surface area contributed by atoms with Crippen molar-refractivity contribution >= 4 is 28.6 Å². The van der Waals surface area contributed by atoms with Gasteiger partial charge in [0.05, 0.1) is 6.54 Å². The third-order valence-corrected chi connectivity index (χ3v) is 5.14. The van der Waals surface area contributed by atoms with E-state index in [-0.39, 0.29) is 0 Å². The average Bonchev–Trinajstić information content (AvgIpc) is 3.06. The molecule has 1 aromatic heterocycles. The normalized spacial score (nSPS) is 11.0. The topological polar surface area (TPSA) is 28.2 Å². The zero-order valence-corrected chi connectivity index (χ0v) is 15.9. The van der Waals surface area contributed by atoms with E-state index < -0.39 is 0 Å². The summed E-state index contributed by atoms with van der Waals surface area (Å²) in [4.78, 5) is 7.65. The van der Waals surface area contributed by atoms with Crippen LogP contribution in [0.1, 0.15) is 22.9 Å². The molecular formula is C20H22ClN3S. The van der Waals surface area contributed by atoms with Gasteiger partial charge in [-0.1, -0.05) is 61.0 Å². The fourth-order valence-electron chi connectivity index (χ4n) is 2.71. The Hall–Kier alpha value is -1.88. The van der Waals surface area contributed by atoms with Gasteiger partial charge in [0.25, 0.3) is 0 Å². The molecule has 3 nitrogen and oxygen atoms in total. The number of halogens is 1. The lowest BCUT2D eigenvalue weighted by Gasteiger charge is -2.21. The number of anilines is 1. The minimum atomic E-state index is 0.588. The van der Waals surface area contributed by atoms with Crippen LogP contribution in [0.2, 0.25) is 4.47 Å². The number of thiazole rings is 1. The van der Waals surface area contributed by atoms with Crippen LogP contribution in [0, 0.1) is 0 Å². The molecule has 25 heavy (non-hydrogen) atoms. The molecule has 0 spiro atoms. The maximum Gasteiger partial charge on any atom is 0.183 e. The second-order valence-electron chi connectivity index (χ2n) is 5.92. The van der Waals surface area contributed by atoms with Crippen LogP contribution in [0.4, 0.5) is 5.69 Å². The van der Waals surface area contributed by atoms with Crippen molar-refractivity contribution in [2.45, 2.75) is 26.6 Å². The maximum absolute atomic E-state index is 5.88. The van der Waals surface area contributed by atoms with Crippen LogP contribution in [-0.2, 0) is 19.6 Å². The van der Waals surface area contributed by atoms with Crippen molar-refractivity contribution in [3.8, 4) is 0 Å². The molecule has 0 aliphatic heterocycles. The molecule has 0 saturated heterocycles. The van der Waals surface area contributed by atoms with Gasteiger partial charge in [-0.2, -0.15) is 0 Å². The first-order valence-corrected chi connectivity index (χ1v) is 9.61. The number of nitrogens with zero attached hydrogens (tertiary/aromatic N) is 2. The minimum absolute atomic E-state index is 0.588. The lowest BCUT2D eigenvalue weighted by Crippen LogP contribution is -2.22. The van der Waals surface area contributed by atoms with Gasteiger partial charge in [-0.3, -0.25) is 4.90 Å². The van der Waals surface area contributed by atoms with Crippen molar-refractivity contribution in [2.75, 3.05) is 11.9 Å². The van der Waals surface area contributed by atoms with Crippen molar-refractivity contribution in [1.29, 1.82) is 0 Å². The molecule has 0 amide bonds. The smallest absolute Gasteiger partial charge is 0.183 e. The van der Waals surface area contributed by atoms with E-state index in [1.807, 2.05) is 6.20 Å². The van der Waals surface area contributed by atoms with Gasteiger partial charge in [-0.05, 0) is 29.8 Å². The molecular weight excluding hydrogens is 350 g/mol. The molecule has 0 fully saturated rings. The Morgan fingerprint density at radius 2 is 1.80 bits per heavy atom. The molecule has 3 aromatic rings. The lowest BCUT2D eigenvalue weighted by molar-refractivity contribution is 0.271. The number of nitrogens with one attached hydrogen (secondary N) is 1. The second kappa shape index (κ2) is 8.99. The van der Waals surface area contributed by atoms with Crippen molar-refractivity contribution in [2.24, 2.45) is 0 Å². The summed E-state index contributed by atoms with van der Waals surface area (Å²) >= 11 is 7.39. The van der Waals surface area contributed by atoms with Crippen LogP contribution in [0.25, 0.3) is 0 Å². The zero-order chi connectivity index (χ0) is 17.5. The summed E-state index contributed by atoms with van der Waals surface area (Å²) in [5, 5.41) is 3.45. The molecule has 5 heteroatoms. The van der Waals surface area contributed by atoms with E-state index in [4.69, 9.17) is 11.6 Å². The van der Waals surface area contributed by atoms with Crippen LogP contribution >= 0.6 is 22.9 Å². The largest absolute Gasteiger partial charge is 0.380 e. The number of aromatic nitrogens is 1. The Morgan fingerprint density at radius 1 is 1.04 bits per heavy atom. The Kier molecular flexibility index (Phi) is 6.45. The van der Waals surface area contributed by atoms with E-state index in [1.54, 1.807) is 0 Å². The molecule has 0 atom stereocenters. The summed E-state index contributed by atoms with van der Waals surface area (Å²) in [5.74, 6) is 0. The number of hydrogen-bond donors (Lipinski definition) is 1. The van der Waals surface area contributed by atoms with E-state index in [9.17, 15) is 0 Å². The van der Waals surface area contributed by atoms with Gasteiger partial charge < -0.3 is 5.32 Å². The Bertz CT molecular complexity index is 788. The van der Waals surface area contributed by atoms with E-state index in [2.05, 4.69) is 76.7 Å². The van der Waals surface area contributed by atoms with Gasteiger partial charge in [0.2, 0.25) is 0 Å². The molecule has 0 aliphatic rings. The molecule has 0 radical (unpaired) electrons. The van der Waals surface area contributed by atoms with Crippen molar-refractivity contribution in [3.63, 3.8) is 0 Å². The Morgan fingerprint density at radius 3 is 2.52 bits per heavy atom. The van der Waals surface area contributed by atoms with Gasteiger partial charge in [0.15, 0.2) is 4.47 Å². The van der Waals surface area contributed by atoms with E-state index in [0.717, 1.165) is 36.7 Å². The van der Waals surface area contributed by atoms with E-state index in [0.29, 0.717) is 4.47 Å². The predicted octanol–water partition coefficient (Wildman–Crippen LogP) is 5.43. The molecule has 0 saturated carbocycles. The van der Waals surface area contributed by atoms with Crippen LogP contribution < -0.4 is 5.32 Å². The fourth-order valence-corrected chi connectivity index (χ4v) is 3.63. The first-order valence-electron chi connectivity index (χ1n) is 8.42. The molecule has 1 N–H and O–H groups in total. The summed E-state index contributed by atoms with van der Waals surface area (Å²) in [6.07, 6.45) is 1.82. The van der Waals surface area contributed by atoms with Gasteiger partial charge in [0, 0.05) is 29.9 Å². The van der Waals surface area contributed by atoms with E-state index in [1.165, 1.54) is 22.5 Å². The summed E-state index contributed by atoms with van der Waals surface area (Å²) in [5.41, 5.74) is 3.78. The van der Waals surface area contributed by atoms with Crippen LogP contribution in [0.15, 0.2) is 60.8 Å². The average molecular weight is 372 g/mol. The van der Waals surface area contributed by atoms with Crippen LogP contribution in [0.5, 0.6) is 0 Å². The Balaban J connectivity index is 1.60. The van der Waals surface area contributed by atoms with Crippen LogP contribution in [-0.4, -0.2) is 16.4 Å². The highest BCUT2D eigenvalue weighted by molar-refractivity contribution is 7.15. The number of hydrogen-bond acceptors (Lipinski definition) is 4. The number of benzene rings is 2. The highest BCUT2D eigenvalue weighted by atomic mass is 35.5. The second-order valence-corrected chi connectivity index (χ2v) is 7.62. The first-order chi connectivity index (χ1) is 12.2. The van der Waals surface area contributed by atoms with E-state index >= 15 is 0 Å². The van der Waals surface area contributed by atoms with Gasteiger partial charge in [-0.25, -0.2) is 4.98 Å². The molecule has 130 valence electrons. The monoisotopic (exact) mass is 371 g/mol. The lowest BCUT2D eigenvalue weighted by atomic mass is 10.1. The molecule has 3 rings (SSSR count). The molecule has 0 aliphatic carbocycles. The van der Waals surface area contributed by atoms with Crippen molar-refractivity contribution < 1.29 is 0 Å². The number of rotatable bonds is 8. The molecule has 1 heterocycles. The zero-order valence-electron chi connectivity index (χ0n) is 14.3. The van der Waals surface area contributed by atoms with Crippen molar-refractivity contribution in [1.82, 2.24) is 9.88 Å². The summed E-state index contributed by atoms with van der Waals surface area (Å²) in [6, 6.07) is 19.2. The van der Waals surface area contributed by atoms with Gasteiger partial charge in [-0.15, -0.1) is 11.3 Å². The first kappa shape index (κ1) is 17.9. The van der Waals surface area contributed by atoms with Crippen LogP contribution in [0.3, 0.4) is 0 Å². The summed E-state index contributed by atoms with van der Waals surface area (Å²) in [6.45, 7) is 5.88. The highest BCUT2D eigenvalue weighted by Gasteiger charge is 2.06.